The summed E-state index contributed by atoms with van der Waals surface area (Å²) >= 11 is 0. The number of hydrogen-bond acceptors (Lipinski definition) is 6. The number of carbonyl (C=O) groups is 3. The van der Waals surface area contributed by atoms with E-state index in [-0.39, 0.29) is 24.3 Å². The van der Waals surface area contributed by atoms with E-state index in [0.717, 1.165) is 0 Å². The molecule has 2 aromatic rings. The van der Waals surface area contributed by atoms with Gasteiger partial charge in [-0.05, 0) is 37.6 Å². The fraction of sp³-hybridized carbons (Fsp3) is 0.375. The highest BCUT2D eigenvalue weighted by Crippen LogP contribution is 2.43. The highest BCUT2D eigenvalue weighted by atomic mass is 16.2. The average molecular weight is 444 g/mol. The van der Waals surface area contributed by atoms with Crippen molar-refractivity contribution in [1.82, 2.24) is 14.8 Å². The molecule has 9 nitrogen and oxygen atoms in total. The van der Waals surface area contributed by atoms with Crippen molar-refractivity contribution in [3.8, 4) is 6.07 Å². The van der Waals surface area contributed by atoms with Gasteiger partial charge in [-0.1, -0.05) is 12.1 Å². The van der Waals surface area contributed by atoms with Crippen LogP contribution in [0.15, 0.2) is 42.6 Å². The minimum Gasteiger partial charge on any atom is -0.352 e. The van der Waals surface area contributed by atoms with Crippen molar-refractivity contribution >= 4 is 29.2 Å². The molecule has 0 spiro atoms. The fourth-order valence-electron chi connectivity index (χ4n) is 5.08. The topological polar surface area (TPSA) is 101 Å². The first kappa shape index (κ1) is 20.9. The lowest BCUT2D eigenvalue weighted by Gasteiger charge is -2.49. The number of rotatable bonds is 3. The largest absolute Gasteiger partial charge is 0.352 e. The Kier molecular flexibility index (Phi) is 5.01. The molecule has 2 fully saturated rings. The molecule has 0 aliphatic carbocycles. The van der Waals surface area contributed by atoms with E-state index in [0.29, 0.717) is 61.7 Å². The molecule has 9 heteroatoms. The van der Waals surface area contributed by atoms with Gasteiger partial charge in [0.1, 0.15) is 24.1 Å². The molecule has 0 N–H and O–H groups in total. The molecular formula is C24H24N6O3. The van der Waals surface area contributed by atoms with Crippen LogP contribution in [0.1, 0.15) is 35.7 Å². The first-order chi connectivity index (χ1) is 15.9. The molecule has 1 unspecified atom stereocenters. The number of benzene rings is 1. The second-order valence-corrected chi connectivity index (χ2v) is 8.71. The van der Waals surface area contributed by atoms with Crippen LogP contribution in [0.2, 0.25) is 0 Å². The van der Waals surface area contributed by atoms with Crippen molar-refractivity contribution in [2.45, 2.75) is 25.4 Å². The Labute approximate surface area is 191 Å². The van der Waals surface area contributed by atoms with Crippen LogP contribution < -0.4 is 9.80 Å². The number of fused-ring (bicyclic) bond motifs is 3. The van der Waals surface area contributed by atoms with Crippen LogP contribution >= 0.6 is 0 Å². The Morgan fingerprint density at radius 3 is 2.64 bits per heavy atom. The monoisotopic (exact) mass is 444 g/mol. The van der Waals surface area contributed by atoms with E-state index in [1.165, 1.54) is 0 Å². The highest BCUT2D eigenvalue weighted by Gasteiger charge is 2.53. The Morgan fingerprint density at radius 2 is 1.88 bits per heavy atom. The van der Waals surface area contributed by atoms with Gasteiger partial charge in [0, 0.05) is 38.8 Å². The van der Waals surface area contributed by atoms with Crippen LogP contribution in [0.3, 0.4) is 0 Å². The second-order valence-electron chi connectivity index (χ2n) is 8.71. The summed E-state index contributed by atoms with van der Waals surface area (Å²) in [6, 6.07) is 12.7. The number of hydrogen-bond donors (Lipinski definition) is 0. The van der Waals surface area contributed by atoms with E-state index < -0.39 is 5.66 Å². The maximum atomic E-state index is 13.4. The zero-order chi connectivity index (χ0) is 23.2. The molecule has 5 rings (SSSR count). The van der Waals surface area contributed by atoms with Gasteiger partial charge in [-0.15, -0.1) is 0 Å². The van der Waals surface area contributed by atoms with Gasteiger partial charge in [-0.25, -0.2) is 4.98 Å². The summed E-state index contributed by atoms with van der Waals surface area (Å²) in [5, 5.41) is 9.34. The minimum atomic E-state index is -0.852. The number of aromatic nitrogens is 1. The molecule has 1 aromatic carbocycles. The van der Waals surface area contributed by atoms with Crippen molar-refractivity contribution in [3.63, 3.8) is 0 Å². The summed E-state index contributed by atoms with van der Waals surface area (Å²) < 4.78 is 0. The van der Waals surface area contributed by atoms with E-state index in [1.54, 1.807) is 51.2 Å². The molecule has 4 heterocycles. The third kappa shape index (κ3) is 3.30. The summed E-state index contributed by atoms with van der Waals surface area (Å²) in [5.74, 6) is 0.220. The fourth-order valence-corrected chi connectivity index (χ4v) is 5.08. The average Bonchev–Trinajstić information content (AvgIpc) is 3.16. The van der Waals surface area contributed by atoms with E-state index in [2.05, 4.69) is 11.1 Å². The zero-order valence-electron chi connectivity index (χ0n) is 18.4. The van der Waals surface area contributed by atoms with Crippen LogP contribution in [0, 0.1) is 11.3 Å². The highest BCUT2D eigenvalue weighted by molar-refractivity contribution is 6.11. The molecule has 3 aliphatic heterocycles. The molecular weight excluding hydrogens is 420 g/mol. The standard InChI is InChI=1S/C24H24N6O3/c1-24-9-8-20(31)30(24)19-7-3-2-6-18(19)23(33)29(24)16-21(32)27-11-13-28(14-12-27)22-17(15-25)5-4-10-26-22/h2-7,10H,8-9,11-14,16H2,1H3. The summed E-state index contributed by atoms with van der Waals surface area (Å²) in [6.07, 6.45) is 2.49. The molecule has 0 radical (unpaired) electrons. The third-order valence-corrected chi connectivity index (χ3v) is 6.88. The Bertz CT molecular complexity index is 1180. The number of pyridine rings is 1. The van der Waals surface area contributed by atoms with Crippen LogP contribution in [0.25, 0.3) is 0 Å². The predicted molar refractivity (Wildman–Crippen MR) is 120 cm³/mol. The van der Waals surface area contributed by atoms with E-state index in [4.69, 9.17) is 0 Å². The molecule has 0 saturated carbocycles. The van der Waals surface area contributed by atoms with Crippen LogP contribution in [0.4, 0.5) is 11.5 Å². The van der Waals surface area contributed by atoms with Crippen LogP contribution in [-0.2, 0) is 9.59 Å². The molecule has 3 amide bonds. The van der Waals surface area contributed by atoms with Gasteiger partial charge in [0.25, 0.3) is 5.91 Å². The number of carbonyl (C=O) groups excluding carboxylic acids is 3. The molecule has 1 atom stereocenters. The zero-order valence-corrected chi connectivity index (χ0v) is 18.4. The van der Waals surface area contributed by atoms with Gasteiger partial charge < -0.3 is 14.7 Å². The van der Waals surface area contributed by atoms with Gasteiger partial charge in [-0.2, -0.15) is 5.26 Å². The quantitative estimate of drug-likeness (QED) is 0.713. The number of anilines is 2. The maximum Gasteiger partial charge on any atom is 0.258 e. The third-order valence-electron chi connectivity index (χ3n) is 6.88. The van der Waals surface area contributed by atoms with E-state index in [9.17, 15) is 19.6 Å². The summed E-state index contributed by atoms with van der Waals surface area (Å²) in [5.41, 5.74) is 0.722. The SMILES string of the molecule is CC12CCC(=O)N1c1ccccc1C(=O)N2CC(=O)N1CCN(c2ncccc2C#N)CC1. The second kappa shape index (κ2) is 7.89. The van der Waals surface area contributed by atoms with Crippen molar-refractivity contribution < 1.29 is 14.4 Å². The van der Waals surface area contributed by atoms with Crippen molar-refractivity contribution in [3.05, 3.63) is 53.7 Å². The molecule has 1 aromatic heterocycles. The van der Waals surface area contributed by atoms with E-state index >= 15 is 0 Å². The normalized spacial score (nSPS) is 22.2. The Balaban J connectivity index is 1.33. The summed E-state index contributed by atoms with van der Waals surface area (Å²) in [4.78, 5) is 50.6. The van der Waals surface area contributed by atoms with Crippen LogP contribution in [-0.4, -0.2) is 70.9 Å². The number of piperazine rings is 1. The lowest BCUT2D eigenvalue weighted by atomic mass is 9.98. The lowest BCUT2D eigenvalue weighted by molar-refractivity contribution is -0.133. The van der Waals surface area contributed by atoms with Crippen molar-refractivity contribution in [2.24, 2.45) is 0 Å². The van der Waals surface area contributed by atoms with Crippen LogP contribution in [0.5, 0.6) is 0 Å². The van der Waals surface area contributed by atoms with Gasteiger partial charge >= 0.3 is 0 Å². The Morgan fingerprint density at radius 1 is 1.12 bits per heavy atom. The number of amides is 3. The van der Waals surface area contributed by atoms with Gasteiger partial charge in [0.15, 0.2) is 0 Å². The summed E-state index contributed by atoms with van der Waals surface area (Å²) in [6.45, 7) is 3.82. The molecule has 33 heavy (non-hydrogen) atoms. The summed E-state index contributed by atoms with van der Waals surface area (Å²) in [7, 11) is 0. The van der Waals surface area contributed by atoms with Gasteiger partial charge in [0.2, 0.25) is 11.8 Å². The first-order valence-electron chi connectivity index (χ1n) is 11.1. The lowest BCUT2D eigenvalue weighted by Crippen LogP contribution is -2.64. The Hall–Kier alpha value is -3.93. The molecule has 3 aliphatic rings. The predicted octanol–water partition coefficient (Wildman–Crippen LogP) is 1.60. The van der Waals surface area contributed by atoms with Crippen molar-refractivity contribution in [1.29, 1.82) is 5.26 Å². The maximum absolute atomic E-state index is 13.4. The first-order valence-corrected chi connectivity index (χ1v) is 11.1. The minimum absolute atomic E-state index is 0.0350. The molecule has 168 valence electrons. The van der Waals surface area contributed by atoms with Gasteiger partial charge in [0.05, 0.1) is 16.8 Å². The number of nitriles is 1. The van der Waals surface area contributed by atoms with Crippen molar-refractivity contribution in [2.75, 3.05) is 42.5 Å². The van der Waals surface area contributed by atoms with E-state index in [1.807, 2.05) is 17.9 Å². The molecule has 0 bridgehead atoms. The molecule has 2 saturated heterocycles. The smallest absolute Gasteiger partial charge is 0.258 e. The number of nitrogens with zero attached hydrogens (tertiary/aromatic N) is 6. The van der Waals surface area contributed by atoms with Gasteiger partial charge in [-0.3, -0.25) is 19.3 Å². The number of para-hydroxylation sites is 1.